The fraction of sp³-hybridized carbons (Fsp3) is 0.333. The minimum atomic E-state index is -0.375. The van der Waals surface area contributed by atoms with Gasteiger partial charge < -0.3 is 10.1 Å². The Morgan fingerprint density at radius 2 is 2.21 bits per heavy atom. The van der Waals surface area contributed by atoms with E-state index >= 15 is 4.39 Å². The average Bonchev–Trinajstić information content (AvgIpc) is 3.35. The lowest BCUT2D eigenvalue weighted by Crippen LogP contribution is -2.08. The second kappa shape index (κ2) is 9.76. The van der Waals surface area contributed by atoms with Gasteiger partial charge in [-0.15, -0.1) is 0 Å². The number of hydrogen-bond acceptors (Lipinski definition) is 6. The first-order chi connectivity index (χ1) is 16.0. The molecule has 2 heterocycles. The first kappa shape index (κ1) is 23.0. The van der Waals surface area contributed by atoms with Gasteiger partial charge in [-0.05, 0) is 25.3 Å². The van der Waals surface area contributed by atoms with Crippen LogP contribution in [0.5, 0.6) is 0 Å². The molecular weight excluding hydrogens is 441 g/mol. The second-order valence-corrected chi connectivity index (χ2v) is 8.70. The number of nitrogens with zero attached hydrogens (tertiary/aromatic N) is 4. The van der Waals surface area contributed by atoms with E-state index in [2.05, 4.69) is 28.3 Å². The summed E-state index contributed by atoms with van der Waals surface area (Å²) in [4.78, 5) is 21.3. The van der Waals surface area contributed by atoms with Crippen molar-refractivity contribution in [1.29, 1.82) is 0 Å². The summed E-state index contributed by atoms with van der Waals surface area (Å²) in [5.74, 6) is -0.554. The molecule has 0 saturated carbocycles. The van der Waals surface area contributed by atoms with Crippen molar-refractivity contribution < 1.29 is 13.9 Å². The molecule has 1 amide bonds. The van der Waals surface area contributed by atoms with Gasteiger partial charge in [0.25, 0.3) is 0 Å². The van der Waals surface area contributed by atoms with E-state index < -0.39 is 0 Å². The van der Waals surface area contributed by atoms with Gasteiger partial charge in [-0.1, -0.05) is 36.5 Å². The lowest BCUT2D eigenvalue weighted by Gasteiger charge is -2.15. The van der Waals surface area contributed by atoms with Crippen LogP contribution in [0.3, 0.4) is 0 Å². The normalized spacial score (nSPS) is 13.3. The molecule has 3 aromatic rings. The number of aryl methyl sites for hydroxylation is 1. The molecule has 4 rings (SSSR count). The van der Waals surface area contributed by atoms with Crippen LogP contribution in [0.25, 0.3) is 21.8 Å². The molecular formula is C24H26FN5O2S. The predicted octanol–water partition coefficient (Wildman–Crippen LogP) is 4.83. The zero-order valence-electron chi connectivity index (χ0n) is 19.1. The Labute approximate surface area is 196 Å². The minimum Gasteiger partial charge on any atom is -0.380 e. The summed E-state index contributed by atoms with van der Waals surface area (Å²) >= 11 is 1.38. The largest absolute Gasteiger partial charge is 0.380 e. The molecule has 1 aliphatic rings. The van der Waals surface area contributed by atoms with E-state index in [0.717, 1.165) is 39.5 Å². The number of halogens is 1. The van der Waals surface area contributed by atoms with Crippen LogP contribution in [-0.2, 0) is 29.0 Å². The molecule has 9 heteroatoms. The number of benzene rings is 1. The lowest BCUT2D eigenvalue weighted by atomic mass is 9.95. The van der Waals surface area contributed by atoms with Gasteiger partial charge in [0.05, 0.1) is 28.6 Å². The topological polar surface area (TPSA) is 81.4 Å². The second-order valence-electron chi connectivity index (χ2n) is 7.70. The number of rotatable bonds is 7. The van der Waals surface area contributed by atoms with Crippen molar-refractivity contribution in [2.24, 2.45) is 4.99 Å². The number of carbonyl (C=O) groups is 1. The van der Waals surface area contributed by atoms with Crippen LogP contribution >= 0.6 is 11.3 Å². The van der Waals surface area contributed by atoms with E-state index in [-0.39, 0.29) is 18.3 Å². The molecule has 0 bridgehead atoms. The molecule has 0 radical (unpaired) electrons. The number of amides is 1. The van der Waals surface area contributed by atoms with Crippen molar-refractivity contribution in [2.75, 3.05) is 19.5 Å². The van der Waals surface area contributed by atoms with Gasteiger partial charge >= 0.3 is 0 Å². The zero-order valence-corrected chi connectivity index (χ0v) is 19.9. The molecule has 0 unspecified atom stereocenters. The molecule has 0 aliphatic heterocycles. The van der Waals surface area contributed by atoms with Gasteiger partial charge in [-0.3, -0.25) is 9.79 Å². The highest BCUT2D eigenvalue weighted by molar-refractivity contribution is 7.19. The molecule has 1 aliphatic carbocycles. The van der Waals surface area contributed by atoms with E-state index in [1.165, 1.54) is 18.3 Å². The molecule has 0 atom stereocenters. The number of aliphatic imine (C=N–C) groups is 1. The number of methoxy groups -OCH3 is 1. The van der Waals surface area contributed by atoms with Gasteiger partial charge in [-0.25, -0.2) is 14.1 Å². The third-order valence-electron chi connectivity index (χ3n) is 5.34. The van der Waals surface area contributed by atoms with Crippen molar-refractivity contribution in [3.05, 3.63) is 52.6 Å². The molecule has 0 saturated heterocycles. The van der Waals surface area contributed by atoms with E-state index in [1.54, 1.807) is 43.3 Å². The predicted molar refractivity (Wildman–Crippen MR) is 130 cm³/mol. The molecule has 1 aromatic carbocycles. The Balaban J connectivity index is 1.98. The minimum absolute atomic E-state index is 0.165. The summed E-state index contributed by atoms with van der Waals surface area (Å²) in [5, 5.41) is 8.20. The molecule has 172 valence electrons. The highest BCUT2D eigenvalue weighted by Crippen LogP contribution is 2.43. The van der Waals surface area contributed by atoms with Crippen LogP contribution in [0.4, 0.5) is 9.52 Å². The van der Waals surface area contributed by atoms with Crippen molar-refractivity contribution in [2.45, 2.75) is 39.7 Å². The number of aromatic nitrogens is 3. The van der Waals surface area contributed by atoms with Crippen LogP contribution in [-0.4, -0.2) is 41.0 Å². The Bertz CT molecular complexity index is 1260. The van der Waals surface area contributed by atoms with Crippen molar-refractivity contribution in [3.63, 3.8) is 0 Å². The summed E-state index contributed by atoms with van der Waals surface area (Å²) in [6.07, 6.45) is 6.10. The molecule has 0 fully saturated rings. The van der Waals surface area contributed by atoms with Crippen LogP contribution in [0.2, 0.25) is 0 Å². The summed E-state index contributed by atoms with van der Waals surface area (Å²) in [5.41, 5.74) is 5.20. The monoisotopic (exact) mass is 467 g/mol. The fourth-order valence-corrected chi connectivity index (χ4v) is 5.16. The third-order valence-corrected chi connectivity index (χ3v) is 6.36. The van der Waals surface area contributed by atoms with Crippen LogP contribution in [0.15, 0.2) is 29.3 Å². The maximum Gasteiger partial charge on any atom is 0.223 e. The van der Waals surface area contributed by atoms with Crippen molar-refractivity contribution >= 4 is 34.2 Å². The number of allylic oxidation sites excluding steroid dienone is 2. The van der Waals surface area contributed by atoms with Gasteiger partial charge in [0, 0.05) is 44.0 Å². The number of hydrogen-bond donors (Lipinski definition) is 1. The van der Waals surface area contributed by atoms with Gasteiger partial charge in [-0.2, -0.15) is 5.10 Å². The van der Waals surface area contributed by atoms with Crippen LogP contribution in [0.1, 0.15) is 42.8 Å². The SMILES string of the molecule is CC/C=C(\C=NC)c1nn(-c2cccc(COC)c2F)c2c1CCc1nc(NC(C)=O)sc1-2. The fourth-order valence-electron chi connectivity index (χ4n) is 4.05. The Kier molecular flexibility index (Phi) is 6.80. The first-order valence-electron chi connectivity index (χ1n) is 10.8. The van der Waals surface area contributed by atoms with E-state index in [4.69, 9.17) is 9.84 Å². The van der Waals surface area contributed by atoms with Gasteiger partial charge in [0.15, 0.2) is 10.9 Å². The molecule has 7 nitrogen and oxygen atoms in total. The molecule has 0 spiro atoms. The van der Waals surface area contributed by atoms with Crippen molar-refractivity contribution in [1.82, 2.24) is 14.8 Å². The number of ether oxygens (including phenoxy) is 1. The van der Waals surface area contributed by atoms with Crippen LogP contribution < -0.4 is 5.32 Å². The summed E-state index contributed by atoms with van der Waals surface area (Å²) in [6, 6.07) is 5.22. The quantitative estimate of drug-likeness (QED) is 0.505. The zero-order chi connectivity index (χ0) is 23.5. The first-order valence-corrected chi connectivity index (χ1v) is 11.6. The number of thiazole rings is 1. The van der Waals surface area contributed by atoms with Crippen molar-refractivity contribution in [3.8, 4) is 16.3 Å². The maximum atomic E-state index is 15.5. The molecule has 2 aromatic heterocycles. The highest BCUT2D eigenvalue weighted by Gasteiger charge is 2.31. The standard InChI is InChI=1S/C24H26FN5O2S/c1-5-7-15(12-26-3)21-17-10-11-18-23(33-24(28-18)27-14(2)31)22(17)30(29-21)19-9-6-8-16(13-32-4)20(19)25/h6-9,12H,5,10-11,13H2,1-4H3,(H,27,28,31)/b15-7+,26-12?. The lowest BCUT2D eigenvalue weighted by molar-refractivity contribution is -0.114. The third kappa shape index (κ3) is 4.38. The number of carbonyl (C=O) groups excluding carboxylic acids is 1. The van der Waals surface area contributed by atoms with E-state index in [0.29, 0.717) is 29.2 Å². The Morgan fingerprint density at radius 1 is 1.39 bits per heavy atom. The molecule has 33 heavy (non-hydrogen) atoms. The summed E-state index contributed by atoms with van der Waals surface area (Å²) in [7, 11) is 3.26. The number of anilines is 1. The average molecular weight is 468 g/mol. The smallest absolute Gasteiger partial charge is 0.223 e. The Hall–Kier alpha value is -3.17. The van der Waals surface area contributed by atoms with Gasteiger partial charge in [0.2, 0.25) is 5.91 Å². The molecule has 1 N–H and O–H groups in total. The number of nitrogens with one attached hydrogen (secondary N) is 1. The van der Waals surface area contributed by atoms with Crippen LogP contribution in [0, 0.1) is 5.82 Å². The maximum absolute atomic E-state index is 15.5. The highest BCUT2D eigenvalue weighted by atomic mass is 32.1. The number of fused-ring (bicyclic) bond motifs is 3. The summed E-state index contributed by atoms with van der Waals surface area (Å²) < 4.78 is 22.4. The summed E-state index contributed by atoms with van der Waals surface area (Å²) in [6.45, 7) is 3.68. The van der Waals surface area contributed by atoms with E-state index in [1.807, 2.05) is 0 Å². The van der Waals surface area contributed by atoms with E-state index in [9.17, 15) is 4.79 Å². The Morgan fingerprint density at radius 3 is 2.91 bits per heavy atom. The van der Waals surface area contributed by atoms with Gasteiger partial charge in [0.1, 0.15) is 5.69 Å².